The zero-order valence-electron chi connectivity index (χ0n) is 16.1. The first-order valence-electron chi connectivity index (χ1n) is 8.88. The zero-order valence-corrected chi connectivity index (χ0v) is 29.0. The smallest absolute Gasteiger partial charge is 0.380 e. The second-order valence-corrected chi connectivity index (χ2v) is 18.2. The van der Waals surface area contributed by atoms with Crippen molar-refractivity contribution in [3.63, 3.8) is 0 Å². The maximum atomic E-state index is 5.98. The Kier molecular flexibility index (Phi) is 9.40. The molecule has 2 heterocycles. The molecule has 0 saturated carbocycles. The zero-order chi connectivity index (χ0) is 24.0. The predicted octanol–water partition coefficient (Wildman–Crippen LogP) is 9.25. The first-order chi connectivity index (χ1) is 15.4. The van der Waals surface area contributed by atoms with Crippen LogP contribution in [0.3, 0.4) is 0 Å². The highest BCUT2D eigenvalue weighted by molar-refractivity contribution is 9.12. The molecule has 6 nitrogen and oxygen atoms in total. The average Bonchev–Trinajstić information content (AvgIpc) is 2.73. The molecule has 2 aromatic carbocycles. The Balaban J connectivity index is 1.40. The van der Waals surface area contributed by atoms with Crippen LogP contribution in [0.2, 0.25) is 0 Å². The van der Waals surface area contributed by atoms with E-state index in [9.17, 15) is 0 Å². The largest absolute Gasteiger partial charge is 0.422 e. The summed E-state index contributed by atoms with van der Waals surface area (Å²) in [5.74, 6) is 1.03. The van der Waals surface area contributed by atoms with E-state index in [-0.39, 0.29) is 26.4 Å². The molecule has 0 radical (unpaired) electrons. The van der Waals surface area contributed by atoms with E-state index in [1.54, 1.807) is 0 Å². The first kappa shape index (κ1) is 28.1. The van der Waals surface area contributed by atoms with E-state index >= 15 is 0 Å². The fourth-order valence-corrected chi connectivity index (χ4v) is 12.1. The molecule has 2 aliphatic rings. The summed E-state index contributed by atoms with van der Waals surface area (Å²) in [6.07, 6.45) is 0. The van der Waals surface area contributed by atoms with Crippen LogP contribution in [-0.2, 0) is 41.7 Å². The number of hydrogen-bond donors (Lipinski definition) is 0. The lowest BCUT2D eigenvalue weighted by Gasteiger charge is -2.44. The number of halogens is 6. The predicted molar refractivity (Wildman–Crippen MR) is 155 cm³/mol. The normalized spacial score (nSPS) is 29.8. The van der Waals surface area contributed by atoms with Gasteiger partial charge in [-0.15, -0.1) is 0 Å². The standard InChI is InChI=1S/C17H12Br6O6P2S2/c18-9-1-11(20)15(12(21)2-9)28-30(32)24-5-17(6-25-30)7-26-31(33,27-8-17)29-16-13(22)3-10(19)4-14(16)23/h1-4H,5-8H2. The highest BCUT2D eigenvalue weighted by Gasteiger charge is 2.48. The lowest BCUT2D eigenvalue weighted by molar-refractivity contribution is -0.0690. The van der Waals surface area contributed by atoms with Crippen molar-refractivity contribution in [1.29, 1.82) is 0 Å². The molecule has 0 N–H and O–H groups in total. The Labute approximate surface area is 251 Å². The number of benzene rings is 2. The monoisotopic (exact) mass is 911 g/mol. The van der Waals surface area contributed by atoms with Gasteiger partial charge >= 0.3 is 13.4 Å². The van der Waals surface area contributed by atoms with Crippen molar-refractivity contribution in [1.82, 2.24) is 0 Å². The second-order valence-electron chi connectivity index (χ2n) is 7.07. The Morgan fingerprint density at radius 3 is 1.15 bits per heavy atom. The molecule has 0 aromatic heterocycles. The molecule has 0 unspecified atom stereocenters. The third-order valence-electron chi connectivity index (χ3n) is 4.45. The van der Waals surface area contributed by atoms with Crippen molar-refractivity contribution < 1.29 is 27.1 Å². The molecule has 4 rings (SSSR count). The van der Waals surface area contributed by atoms with Gasteiger partial charge in [-0.1, -0.05) is 31.9 Å². The van der Waals surface area contributed by atoms with E-state index < -0.39 is 18.9 Å². The van der Waals surface area contributed by atoms with Crippen molar-refractivity contribution in [2.45, 2.75) is 0 Å². The van der Waals surface area contributed by atoms with E-state index in [2.05, 4.69) is 95.6 Å². The van der Waals surface area contributed by atoms with E-state index in [0.717, 1.165) is 8.95 Å². The number of hydrogen-bond acceptors (Lipinski definition) is 8. The summed E-state index contributed by atoms with van der Waals surface area (Å²) in [6.45, 7) is -5.05. The lowest BCUT2D eigenvalue weighted by atomic mass is 9.93. The first-order valence-corrected chi connectivity index (χ1v) is 18.8. The molecule has 0 atom stereocenters. The van der Waals surface area contributed by atoms with Gasteiger partial charge in [0.05, 0.1) is 49.7 Å². The van der Waals surface area contributed by atoms with E-state index in [4.69, 9.17) is 50.8 Å². The minimum Gasteiger partial charge on any atom is -0.422 e. The van der Waals surface area contributed by atoms with Gasteiger partial charge in [0.15, 0.2) is 11.5 Å². The fourth-order valence-electron chi connectivity index (χ4n) is 2.75. The molecule has 2 aliphatic heterocycles. The summed E-state index contributed by atoms with van der Waals surface area (Å²) in [5, 5.41) is 0. The van der Waals surface area contributed by atoms with Crippen LogP contribution in [0.5, 0.6) is 11.5 Å². The number of rotatable bonds is 4. The molecule has 2 aromatic rings. The van der Waals surface area contributed by atoms with Crippen molar-refractivity contribution in [3.8, 4) is 11.5 Å². The molecule has 16 heteroatoms. The van der Waals surface area contributed by atoms with Crippen LogP contribution in [0, 0.1) is 5.41 Å². The summed E-state index contributed by atoms with van der Waals surface area (Å²) < 4.78 is 40.3. The second kappa shape index (κ2) is 11.0. The van der Waals surface area contributed by atoms with E-state index in [0.29, 0.717) is 29.4 Å². The third-order valence-corrected chi connectivity index (χ3v) is 12.0. The summed E-state index contributed by atoms with van der Waals surface area (Å²) in [6, 6.07) is 7.41. The van der Waals surface area contributed by atoms with Crippen molar-refractivity contribution in [3.05, 3.63) is 51.1 Å². The maximum Gasteiger partial charge on any atom is 0.380 e. The topological polar surface area (TPSA) is 55.4 Å². The van der Waals surface area contributed by atoms with Crippen LogP contribution >= 0.6 is 109 Å². The van der Waals surface area contributed by atoms with Gasteiger partial charge < -0.3 is 9.05 Å². The van der Waals surface area contributed by atoms with Crippen LogP contribution in [0.1, 0.15) is 0 Å². The molecule has 1 spiro atoms. The molecule has 0 bridgehead atoms. The van der Waals surface area contributed by atoms with Crippen LogP contribution in [-0.4, -0.2) is 26.4 Å². The Morgan fingerprint density at radius 2 is 0.879 bits per heavy atom. The third kappa shape index (κ3) is 6.74. The molecule has 2 saturated heterocycles. The molecule has 180 valence electrons. The van der Waals surface area contributed by atoms with E-state index in [1.807, 2.05) is 24.3 Å². The summed E-state index contributed by atoms with van der Waals surface area (Å²) >= 11 is 31.9. The van der Waals surface area contributed by atoms with Crippen molar-refractivity contribution in [2.24, 2.45) is 5.41 Å². The van der Waals surface area contributed by atoms with Crippen LogP contribution in [0.25, 0.3) is 0 Å². The molecule has 33 heavy (non-hydrogen) atoms. The maximum absolute atomic E-state index is 5.98. The summed E-state index contributed by atoms with van der Waals surface area (Å²) in [5.41, 5.74) is -0.556. The van der Waals surface area contributed by atoms with Gasteiger partial charge in [0.1, 0.15) is 0 Å². The Hall–Kier alpha value is 2.06. The van der Waals surface area contributed by atoms with Gasteiger partial charge in [-0.3, -0.25) is 18.1 Å². The minimum atomic E-state index is -3.02. The van der Waals surface area contributed by atoms with Crippen LogP contribution < -0.4 is 9.05 Å². The fraction of sp³-hybridized carbons (Fsp3) is 0.294. The van der Waals surface area contributed by atoms with Crippen LogP contribution in [0.4, 0.5) is 0 Å². The lowest BCUT2D eigenvalue weighted by Crippen LogP contribution is -2.46. The van der Waals surface area contributed by atoms with Gasteiger partial charge in [0.25, 0.3) is 0 Å². The van der Waals surface area contributed by atoms with Crippen LogP contribution in [0.15, 0.2) is 51.1 Å². The molecule has 2 fully saturated rings. The summed E-state index contributed by atoms with van der Waals surface area (Å²) in [4.78, 5) is 0. The molecular formula is C17H12Br6O6P2S2. The Morgan fingerprint density at radius 1 is 0.606 bits per heavy atom. The van der Waals surface area contributed by atoms with Crippen molar-refractivity contribution >= 4 is 133 Å². The quantitative estimate of drug-likeness (QED) is 0.282. The van der Waals surface area contributed by atoms with Gasteiger partial charge in [0, 0.05) is 32.6 Å². The van der Waals surface area contributed by atoms with Gasteiger partial charge in [-0.25, -0.2) is 0 Å². The Bertz CT molecular complexity index is 1040. The van der Waals surface area contributed by atoms with E-state index in [1.165, 1.54) is 0 Å². The molecule has 0 aliphatic carbocycles. The average molecular weight is 918 g/mol. The van der Waals surface area contributed by atoms with Crippen molar-refractivity contribution in [2.75, 3.05) is 26.4 Å². The molecule has 0 amide bonds. The summed E-state index contributed by atoms with van der Waals surface area (Å²) in [7, 11) is 0. The van der Waals surface area contributed by atoms with Gasteiger partial charge in [-0.2, -0.15) is 0 Å². The SMILES string of the molecule is S=P1(Oc2c(Br)cc(Br)cc2Br)OCC2(CO1)COP(=S)(Oc1c(Br)cc(Br)cc1Br)OC2. The van der Waals surface area contributed by atoms with Gasteiger partial charge in [-0.05, 0) is 88.0 Å². The highest BCUT2D eigenvalue weighted by Crippen LogP contribution is 2.61. The minimum absolute atomic E-state index is 0.247. The molecular weight excluding hydrogens is 906 g/mol. The highest BCUT2D eigenvalue weighted by atomic mass is 79.9. The van der Waals surface area contributed by atoms with Gasteiger partial charge in [0.2, 0.25) is 0 Å².